The largest absolute Gasteiger partial charge is 0.496 e. The number of methoxy groups -OCH3 is 1. The summed E-state index contributed by atoms with van der Waals surface area (Å²) in [5, 5.41) is 2.65. The van der Waals surface area contributed by atoms with E-state index in [1.807, 2.05) is 6.07 Å². The third kappa shape index (κ3) is 6.25. The maximum absolute atomic E-state index is 12.8. The topological polar surface area (TPSA) is 64.6 Å². The van der Waals surface area contributed by atoms with Crippen LogP contribution >= 0.6 is 0 Å². The fraction of sp³-hybridized carbons (Fsp3) is 0.263. The van der Waals surface area contributed by atoms with Gasteiger partial charge < -0.3 is 14.8 Å². The Morgan fingerprint density at radius 3 is 2.52 bits per heavy atom. The van der Waals surface area contributed by atoms with Gasteiger partial charge in [0.05, 0.1) is 13.5 Å². The number of hydrogen-bond acceptors (Lipinski definition) is 4. The molecule has 0 unspecified atom stereocenters. The Balaban J connectivity index is 1.68. The third-order valence-corrected chi connectivity index (χ3v) is 3.54. The smallest absolute Gasteiger partial charge is 0.310 e. The quantitative estimate of drug-likeness (QED) is 0.746. The second-order valence-electron chi connectivity index (χ2n) is 5.38. The van der Waals surface area contributed by atoms with Crippen molar-refractivity contribution in [2.24, 2.45) is 0 Å². The molecule has 0 heterocycles. The molecular formula is C19H20FNO4. The summed E-state index contributed by atoms with van der Waals surface area (Å²) in [5.41, 5.74) is 1.61. The first-order chi connectivity index (χ1) is 12.1. The average Bonchev–Trinajstić information content (AvgIpc) is 2.62. The monoisotopic (exact) mass is 345 g/mol. The van der Waals surface area contributed by atoms with Crippen LogP contribution in [-0.2, 0) is 27.2 Å². The van der Waals surface area contributed by atoms with E-state index in [1.54, 1.807) is 30.3 Å². The molecule has 0 saturated heterocycles. The van der Waals surface area contributed by atoms with Gasteiger partial charge in [-0.1, -0.05) is 30.3 Å². The van der Waals surface area contributed by atoms with Gasteiger partial charge in [0.1, 0.15) is 11.6 Å². The molecule has 2 aromatic carbocycles. The lowest BCUT2D eigenvalue weighted by atomic mass is 10.1. The number of rotatable bonds is 8. The predicted octanol–water partition coefficient (Wildman–Crippen LogP) is 2.28. The van der Waals surface area contributed by atoms with Crippen LogP contribution in [0.5, 0.6) is 5.75 Å². The molecule has 6 heteroatoms. The lowest BCUT2D eigenvalue weighted by Crippen LogP contribution is -2.30. The van der Waals surface area contributed by atoms with E-state index >= 15 is 0 Å². The van der Waals surface area contributed by atoms with E-state index in [9.17, 15) is 14.0 Å². The van der Waals surface area contributed by atoms with Crippen LogP contribution in [-0.4, -0.2) is 32.1 Å². The third-order valence-electron chi connectivity index (χ3n) is 3.54. The van der Waals surface area contributed by atoms with Gasteiger partial charge in [-0.3, -0.25) is 9.59 Å². The summed E-state index contributed by atoms with van der Waals surface area (Å²) in [6, 6.07) is 13.2. The van der Waals surface area contributed by atoms with Crippen molar-refractivity contribution >= 4 is 11.9 Å². The normalized spacial score (nSPS) is 10.2. The maximum Gasteiger partial charge on any atom is 0.310 e. The van der Waals surface area contributed by atoms with Crippen LogP contribution in [0.4, 0.5) is 4.39 Å². The van der Waals surface area contributed by atoms with Gasteiger partial charge in [0, 0.05) is 12.1 Å². The lowest BCUT2D eigenvalue weighted by Gasteiger charge is -2.09. The number of benzene rings is 2. The minimum Gasteiger partial charge on any atom is -0.496 e. The lowest BCUT2D eigenvalue weighted by molar-refractivity contribution is -0.147. The second-order valence-corrected chi connectivity index (χ2v) is 5.38. The van der Waals surface area contributed by atoms with Crippen LogP contribution in [0.25, 0.3) is 0 Å². The Morgan fingerprint density at radius 2 is 1.80 bits per heavy atom. The Labute approximate surface area is 145 Å². The molecule has 0 radical (unpaired) electrons. The van der Waals surface area contributed by atoms with E-state index in [-0.39, 0.29) is 24.8 Å². The zero-order valence-electron chi connectivity index (χ0n) is 14.0. The van der Waals surface area contributed by atoms with Crippen molar-refractivity contribution in [1.82, 2.24) is 5.32 Å². The van der Waals surface area contributed by atoms with Crippen LogP contribution < -0.4 is 10.1 Å². The zero-order chi connectivity index (χ0) is 18.1. The van der Waals surface area contributed by atoms with Crippen LogP contribution in [0.3, 0.4) is 0 Å². The van der Waals surface area contributed by atoms with Crippen molar-refractivity contribution in [3.05, 3.63) is 65.5 Å². The van der Waals surface area contributed by atoms with Crippen molar-refractivity contribution in [1.29, 1.82) is 0 Å². The SMILES string of the molecule is COc1ccccc1CC(=O)OCC(=O)NCCc1ccc(F)cc1. The number of carbonyl (C=O) groups is 2. The van der Waals surface area contributed by atoms with Crippen LogP contribution in [0.15, 0.2) is 48.5 Å². The first-order valence-corrected chi connectivity index (χ1v) is 7.87. The van der Waals surface area contributed by atoms with E-state index < -0.39 is 5.97 Å². The number of nitrogens with one attached hydrogen (secondary N) is 1. The van der Waals surface area contributed by atoms with E-state index in [4.69, 9.17) is 9.47 Å². The van der Waals surface area contributed by atoms with Gasteiger partial charge in [0.15, 0.2) is 6.61 Å². The fourth-order valence-corrected chi connectivity index (χ4v) is 2.25. The molecule has 0 fully saturated rings. The van der Waals surface area contributed by atoms with E-state index in [2.05, 4.69) is 5.32 Å². The summed E-state index contributed by atoms with van der Waals surface area (Å²) >= 11 is 0. The van der Waals surface area contributed by atoms with Gasteiger partial charge in [-0.2, -0.15) is 0 Å². The summed E-state index contributed by atoms with van der Waals surface area (Å²) in [6.45, 7) is 0.0475. The average molecular weight is 345 g/mol. The number of amides is 1. The Kier molecular flexibility index (Phi) is 6.95. The molecule has 0 saturated carbocycles. The standard InChI is InChI=1S/C19H20FNO4/c1-24-17-5-3-2-4-15(17)12-19(23)25-13-18(22)21-11-10-14-6-8-16(20)9-7-14/h2-9H,10-13H2,1H3,(H,21,22). The predicted molar refractivity (Wildman–Crippen MR) is 90.8 cm³/mol. The number of hydrogen-bond donors (Lipinski definition) is 1. The molecular weight excluding hydrogens is 325 g/mol. The minimum atomic E-state index is -0.502. The highest BCUT2D eigenvalue weighted by atomic mass is 19.1. The van der Waals surface area contributed by atoms with Gasteiger partial charge in [-0.05, 0) is 30.2 Å². The highest BCUT2D eigenvalue weighted by Crippen LogP contribution is 2.17. The summed E-state index contributed by atoms with van der Waals surface area (Å²) in [5.74, 6) is -0.577. The van der Waals surface area contributed by atoms with Crippen LogP contribution in [0.2, 0.25) is 0 Å². The van der Waals surface area contributed by atoms with Crippen molar-refractivity contribution in [3.63, 3.8) is 0 Å². The Bertz CT molecular complexity index is 716. The van der Waals surface area contributed by atoms with Crippen molar-refractivity contribution in [3.8, 4) is 5.75 Å². The minimum absolute atomic E-state index is 0.0346. The van der Waals surface area contributed by atoms with Gasteiger partial charge in [-0.15, -0.1) is 0 Å². The number of para-hydroxylation sites is 1. The molecule has 0 bridgehead atoms. The first kappa shape index (κ1) is 18.4. The summed E-state index contributed by atoms with van der Waals surface area (Å²) in [4.78, 5) is 23.5. The summed E-state index contributed by atoms with van der Waals surface area (Å²) in [6.07, 6.45) is 0.605. The molecule has 132 valence electrons. The zero-order valence-corrected chi connectivity index (χ0v) is 14.0. The number of carbonyl (C=O) groups excluding carboxylic acids is 2. The molecule has 2 aromatic rings. The second kappa shape index (κ2) is 9.42. The Morgan fingerprint density at radius 1 is 1.08 bits per heavy atom. The number of ether oxygens (including phenoxy) is 2. The molecule has 2 rings (SSSR count). The van der Waals surface area contributed by atoms with Crippen molar-refractivity contribution in [2.75, 3.05) is 20.3 Å². The van der Waals surface area contributed by atoms with E-state index in [0.717, 1.165) is 5.56 Å². The summed E-state index contributed by atoms with van der Waals surface area (Å²) < 4.78 is 22.9. The molecule has 1 amide bonds. The Hall–Kier alpha value is -2.89. The molecule has 0 atom stereocenters. The first-order valence-electron chi connectivity index (χ1n) is 7.87. The van der Waals surface area contributed by atoms with E-state index in [0.29, 0.717) is 24.3 Å². The molecule has 0 spiro atoms. The van der Waals surface area contributed by atoms with Crippen molar-refractivity contribution < 1.29 is 23.5 Å². The molecule has 25 heavy (non-hydrogen) atoms. The van der Waals surface area contributed by atoms with Crippen LogP contribution in [0.1, 0.15) is 11.1 Å². The van der Waals surface area contributed by atoms with Gasteiger partial charge in [0.2, 0.25) is 0 Å². The van der Waals surface area contributed by atoms with E-state index in [1.165, 1.54) is 19.2 Å². The van der Waals surface area contributed by atoms with Gasteiger partial charge in [-0.25, -0.2) is 4.39 Å². The number of esters is 1. The maximum atomic E-state index is 12.8. The molecule has 0 aromatic heterocycles. The highest BCUT2D eigenvalue weighted by Gasteiger charge is 2.11. The van der Waals surface area contributed by atoms with Crippen LogP contribution in [0, 0.1) is 5.82 Å². The number of halogens is 1. The molecule has 0 aliphatic rings. The fourth-order valence-electron chi connectivity index (χ4n) is 2.25. The van der Waals surface area contributed by atoms with Gasteiger partial charge >= 0.3 is 5.97 Å². The molecule has 1 N–H and O–H groups in total. The van der Waals surface area contributed by atoms with Crippen molar-refractivity contribution in [2.45, 2.75) is 12.8 Å². The summed E-state index contributed by atoms with van der Waals surface area (Å²) in [7, 11) is 1.53. The molecule has 0 aliphatic carbocycles. The molecule has 5 nitrogen and oxygen atoms in total. The molecule has 0 aliphatic heterocycles. The van der Waals surface area contributed by atoms with Gasteiger partial charge in [0.25, 0.3) is 5.91 Å². The highest BCUT2D eigenvalue weighted by molar-refractivity contribution is 5.81.